The zero-order valence-corrected chi connectivity index (χ0v) is 6.70. The van der Waals surface area contributed by atoms with Crippen molar-refractivity contribution in [3.05, 3.63) is 36.2 Å². The van der Waals surface area contributed by atoms with E-state index < -0.39 is 0 Å². The van der Waals surface area contributed by atoms with Crippen LogP contribution in [0.15, 0.2) is 24.4 Å². The summed E-state index contributed by atoms with van der Waals surface area (Å²) in [5.41, 5.74) is 2.88. The second-order valence-electron chi connectivity index (χ2n) is 2.57. The van der Waals surface area contributed by atoms with Gasteiger partial charge in [0.15, 0.2) is 0 Å². The van der Waals surface area contributed by atoms with Crippen molar-refractivity contribution in [2.75, 3.05) is 0 Å². The first-order chi connectivity index (χ1) is 5.88. The second-order valence-corrected chi connectivity index (χ2v) is 2.57. The van der Waals surface area contributed by atoms with Crippen molar-refractivity contribution < 1.29 is 0 Å². The summed E-state index contributed by atoms with van der Waals surface area (Å²) >= 11 is 0. The van der Waals surface area contributed by atoms with Crippen LogP contribution in [0.4, 0.5) is 0 Å². The summed E-state index contributed by atoms with van der Waals surface area (Å²) in [6, 6.07) is 5.71. The summed E-state index contributed by atoms with van der Waals surface area (Å²) in [5.74, 6) is 0. The van der Waals surface area contributed by atoms with Gasteiger partial charge in [-0.2, -0.15) is 5.10 Å². The van der Waals surface area contributed by atoms with E-state index >= 15 is 0 Å². The number of hydrogen-bond donors (Lipinski definition) is 1. The smallest absolute Gasteiger partial charge is 0.111 e. The molecule has 0 unspecified atom stereocenters. The van der Waals surface area contributed by atoms with Crippen molar-refractivity contribution >= 4 is 0 Å². The predicted molar refractivity (Wildman–Crippen MR) is 45.4 cm³/mol. The topological polar surface area (TPSA) is 41.6 Å². The van der Waals surface area contributed by atoms with Crippen LogP contribution in [0, 0.1) is 13.1 Å². The minimum absolute atomic E-state index is 0.841. The van der Waals surface area contributed by atoms with Crippen LogP contribution in [0.5, 0.6) is 0 Å². The van der Waals surface area contributed by atoms with Crippen molar-refractivity contribution in [2.45, 2.75) is 6.92 Å². The third-order valence-corrected chi connectivity index (χ3v) is 1.70. The Labute approximate surface area is 70.5 Å². The van der Waals surface area contributed by atoms with Gasteiger partial charge in [0.05, 0.1) is 11.9 Å². The molecule has 0 amide bonds. The highest BCUT2D eigenvalue weighted by Gasteiger charge is 2.02. The lowest BCUT2D eigenvalue weighted by atomic mass is 10.2. The van der Waals surface area contributed by atoms with Gasteiger partial charge < -0.3 is 0 Å². The molecule has 0 aliphatic rings. The molecule has 0 saturated carbocycles. The van der Waals surface area contributed by atoms with Crippen molar-refractivity contribution in [3.63, 3.8) is 0 Å². The first-order valence-corrected chi connectivity index (χ1v) is 3.71. The van der Waals surface area contributed by atoms with Crippen LogP contribution in [-0.4, -0.2) is 15.2 Å². The van der Waals surface area contributed by atoms with Gasteiger partial charge in [-0.1, -0.05) is 6.07 Å². The van der Waals surface area contributed by atoms with Gasteiger partial charge in [-0.25, -0.2) is 0 Å². The summed E-state index contributed by atoms with van der Waals surface area (Å²) in [4.78, 5) is 4.22. The minimum Gasteiger partial charge on any atom is -0.276 e. The molecule has 3 nitrogen and oxygen atoms in total. The maximum atomic E-state index is 4.22. The SMILES string of the molecule is Cc1cccnc1-c1c[c][nH]n1. The molecular formula is C9H8N3. The molecule has 59 valence electrons. The highest BCUT2D eigenvalue weighted by atomic mass is 15.1. The van der Waals surface area contributed by atoms with Crippen LogP contribution in [0.3, 0.4) is 0 Å². The lowest BCUT2D eigenvalue weighted by Crippen LogP contribution is -1.86. The summed E-state index contributed by atoms with van der Waals surface area (Å²) in [7, 11) is 0. The fraction of sp³-hybridized carbons (Fsp3) is 0.111. The number of aromatic amines is 1. The summed E-state index contributed by atoms with van der Waals surface area (Å²) in [5, 5.41) is 6.64. The Balaban J connectivity index is 2.55. The molecule has 0 bridgehead atoms. The first-order valence-electron chi connectivity index (χ1n) is 3.71. The van der Waals surface area contributed by atoms with Gasteiger partial charge in [-0.3, -0.25) is 10.1 Å². The highest BCUT2D eigenvalue weighted by Crippen LogP contribution is 2.16. The van der Waals surface area contributed by atoms with Gasteiger partial charge in [-0.15, -0.1) is 0 Å². The Kier molecular flexibility index (Phi) is 1.63. The Bertz CT molecular complexity index is 365. The van der Waals surface area contributed by atoms with Gasteiger partial charge in [0.2, 0.25) is 0 Å². The number of nitrogens with zero attached hydrogens (tertiary/aromatic N) is 2. The number of H-pyrrole nitrogens is 1. The van der Waals surface area contributed by atoms with Crippen LogP contribution < -0.4 is 0 Å². The minimum atomic E-state index is 0.841. The number of nitrogens with one attached hydrogen (secondary N) is 1. The van der Waals surface area contributed by atoms with Crippen molar-refractivity contribution in [1.29, 1.82) is 0 Å². The summed E-state index contributed by atoms with van der Waals surface area (Å²) < 4.78 is 0. The molecule has 0 aromatic carbocycles. The van der Waals surface area contributed by atoms with E-state index in [2.05, 4.69) is 21.4 Å². The zero-order valence-electron chi connectivity index (χ0n) is 6.70. The van der Waals surface area contributed by atoms with E-state index in [0.717, 1.165) is 17.0 Å². The second kappa shape index (κ2) is 2.77. The Morgan fingerprint density at radius 2 is 2.42 bits per heavy atom. The molecule has 0 atom stereocenters. The summed E-state index contributed by atoms with van der Waals surface area (Å²) in [6.45, 7) is 2.01. The molecule has 0 saturated heterocycles. The molecule has 0 fully saturated rings. The Morgan fingerprint density at radius 1 is 1.50 bits per heavy atom. The molecule has 0 aliphatic carbocycles. The molecule has 12 heavy (non-hydrogen) atoms. The van der Waals surface area contributed by atoms with Crippen molar-refractivity contribution in [2.24, 2.45) is 0 Å². The molecule has 2 heterocycles. The Morgan fingerprint density at radius 3 is 3.08 bits per heavy atom. The van der Waals surface area contributed by atoms with Crippen LogP contribution in [0.25, 0.3) is 11.4 Å². The van der Waals surface area contributed by atoms with Gasteiger partial charge >= 0.3 is 0 Å². The monoisotopic (exact) mass is 158 g/mol. The van der Waals surface area contributed by atoms with E-state index in [9.17, 15) is 0 Å². The molecule has 2 rings (SSSR count). The molecular weight excluding hydrogens is 150 g/mol. The van der Waals surface area contributed by atoms with E-state index in [1.165, 1.54) is 0 Å². The molecule has 1 radical (unpaired) electrons. The van der Waals surface area contributed by atoms with Crippen LogP contribution in [-0.2, 0) is 0 Å². The van der Waals surface area contributed by atoms with E-state index in [1.54, 1.807) is 12.3 Å². The third kappa shape index (κ3) is 1.09. The molecule has 3 heteroatoms. The van der Waals surface area contributed by atoms with Crippen LogP contribution in [0.2, 0.25) is 0 Å². The molecule has 2 aromatic rings. The van der Waals surface area contributed by atoms with Crippen LogP contribution in [0.1, 0.15) is 5.56 Å². The largest absolute Gasteiger partial charge is 0.276 e. The average Bonchev–Trinajstić information content (AvgIpc) is 2.57. The van der Waals surface area contributed by atoms with E-state index in [0.29, 0.717) is 0 Å². The fourth-order valence-corrected chi connectivity index (χ4v) is 1.10. The molecule has 0 spiro atoms. The number of pyridine rings is 1. The highest BCUT2D eigenvalue weighted by molar-refractivity contribution is 5.57. The van der Waals surface area contributed by atoms with Crippen LogP contribution >= 0.6 is 0 Å². The maximum absolute atomic E-state index is 4.22. The maximum Gasteiger partial charge on any atom is 0.111 e. The van der Waals surface area contributed by atoms with Gasteiger partial charge in [0, 0.05) is 6.20 Å². The lowest BCUT2D eigenvalue weighted by Gasteiger charge is -1.98. The molecule has 0 aliphatic heterocycles. The third-order valence-electron chi connectivity index (χ3n) is 1.70. The lowest BCUT2D eigenvalue weighted by molar-refractivity contribution is 1.08. The van der Waals surface area contributed by atoms with E-state index in [-0.39, 0.29) is 0 Å². The zero-order chi connectivity index (χ0) is 8.39. The quantitative estimate of drug-likeness (QED) is 0.684. The standard InChI is InChI=1S/C9H8N3/c1-7-3-2-5-10-9(7)8-4-6-11-12-8/h2-5H,1H3,(H,11,12). The first kappa shape index (κ1) is 7.03. The Hall–Kier alpha value is -1.64. The van der Waals surface area contributed by atoms with E-state index in [4.69, 9.17) is 0 Å². The van der Waals surface area contributed by atoms with Crippen molar-refractivity contribution in [3.8, 4) is 11.4 Å². The predicted octanol–water partition coefficient (Wildman–Crippen LogP) is 1.58. The fourth-order valence-electron chi connectivity index (χ4n) is 1.10. The molecule has 1 N–H and O–H groups in total. The van der Waals surface area contributed by atoms with E-state index in [1.807, 2.05) is 19.1 Å². The van der Waals surface area contributed by atoms with Gasteiger partial charge in [0.1, 0.15) is 5.69 Å². The number of hydrogen-bond acceptors (Lipinski definition) is 2. The van der Waals surface area contributed by atoms with Gasteiger partial charge in [0.25, 0.3) is 0 Å². The number of aromatic nitrogens is 3. The number of rotatable bonds is 1. The van der Waals surface area contributed by atoms with Crippen molar-refractivity contribution in [1.82, 2.24) is 15.2 Å². The normalized spacial score (nSPS) is 10.1. The average molecular weight is 158 g/mol. The number of aryl methyl sites for hydroxylation is 1. The van der Waals surface area contributed by atoms with Gasteiger partial charge in [-0.05, 0) is 24.6 Å². The summed E-state index contributed by atoms with van der Waals surface area (Å²) in [6.07, 6.45) is 4.54. The molecule has 2 aromatic heterocycles.